The normalized spacial score (nSPS) is 11.5. The maximum Gasteiger partial charge on any atom is 0.387 e. The molecular formula is C18H13ClF2N2O4S2. The smallest absolute Gasteiger partial charge is 0.387 e. The van der Waals surface area contributed by atoms with Gasteiger partial charge in [-0.1, -0.05) is 23.7 Å². The van der Waals surface area contributed by atoms with E-state index in [0.717, 1.165) is 17.6 Å². The molecule has 0 saturated heterocycles. The molecule has 0 aliphatic rings. The van der Waals surface area contributed by atoms with Crippen molar-refractivity contribution in [3.8, 4) is 17.0 Å². The lowest BCUT2D eigenvalue weighted by Crippen LogP contribution is -2.12. The molecule has 3 rings (SSSR count). The van der Waals surface area contributed by atoms with E-state index < -0.39 is 22.4 Å². The summed E-state index contributed by atoms with van der Waals surface area (Å²) in [5.74, 6) is -0.634. The van der Waals surface area contributed by atoms with E-state index in [-0.39, 0.29) is 26.4 Å². The molecule has 0 fully saturated rings. The first-order valence-electron chi connectivity index (χ1n) is 7.96. The van der Waals surface area contributed by atoms with Crippen LogP contribution in [0.1, 0.15) is 10.4 Å². The van der Waals surface area contributed by atoms with E-state index in [9.17, 15) is 22.0 Å². The lowest BCUT2D eigenvalue weighted by Gasteiger charge is -2.08. The molecule has 0 aliphatic heterocycles. The molecule has 0 atom stereocenters. The molecule has 0 bridgehead atoms. The van der Waals surface area contributed by atoms with Crippen molar-refractivity contribution in [2.75, 3.05) is 11.6 Å². The monoisotopic (exact) mass is 458 g/mol. The number of alkyl halides is 2. The number of sulfone groups is 1. The highest BCUT2D eigenvalue weighted by Gasteiger charge is 2.18. The molecule has 0 aliphatic carbocycles. The number of rotatable bonds is 6. The number of aromatic nitrogens is 1. The number of benzene rings is 2. The summed E-state index contributed by atoms with van der Waals surface area (Å²) in [6, 6.07) is 10.0. The zero-order valence-corrected chi connectivity index (χ0v) is 17.1. The number of nitrogens with one attached hydrogen (secondary N) is 1. The Balaban J connectivity index is 1.84. The van der Waals surface area contributed by atoms with Gasteiger partial charge in [-0.3, -0.25) is 10.1 Å². The first-order valence-corrected chi connectivity index (χ1v) is 11.1. The van der Waals surface area contributed by atoms with Crippen molar-refractivity contribution in [2.45, 2.75) is 11.5 Å². The summed E-state index contributed by atoms with van der Waals surface area (Å²) in [5, 5.41) is 4.34. The number of ether oxygens (including phenoxy) is 1. The van der Waals surface area contributed by atoms with Gasteiger partial charge < -0.3 is 4.74 Å². The molecule has 1 amide bonds. The third-order valence-electron chi connectivity index (χ3n) is 3.70. The zero-order chi connectivity index (χ0) is 21.2. The van der Waals surface area contributed by atoms with Gasteiger partial charge in [0, 0.05) is 22.8 Å². The van der Waals surface area contributed by atoms with Gasteiger partial charge in [0.25, 0.3) is 5.91 Å². The van der Waals surface area contributed by atoms with Gasteiger partial charge in [0.2, 0.25) is 0 Å². The zero-order valence-electron chi connectivity index (χ0n) is 14.7. The highest BCUT2D eigenvalue weighted by atomic mass is 35.5. The fourth-order valence-corrected chi connectivity index (χ4v) is 4.44. The number of halogens is 3. The number of carbonyl (C=O) groups excluding carboxylic acids is 1. The third kappa shape index (κ3) is 5.08. The van der Waals surface area contributed by atoms with Gasteiger partial charge in [-0.25, -0.2) is 13.4 Å². The highest BCUT2D eigenvalue weighted by molar-refractivity contribution is 7.90. The molecule has 6 nitrogen and oxygen atoms in total. The molecule has 152 valence electrons. The molecule has 0 unspecified atom stereocenters. The Morgan fingerprint density at radius 1 is 1.24 bits per heavy atom. The molecule has 0 spiro atoms. The van der Waals surface area contributed by atoms with Crippen LogP contribution >= 0.6 is 22.9 Å². The number of anilines is 1. The number of para-hydroxylation sites is 1. The van der Waals surface area contributed by atoms with E-state index in [1.165, 1.54) is 24.3 Å². The largest absolute Gasteiger partial charge is 0.434 e. The minimum Gasteiger partial charge on any atom is -0.434 e. The minimum atomic E-state index is -3.61. The van der Waals surface area contributed by atoms with Gasteiger partial charge in [-0.2, -0.15) is 8.78 Å². The number of thiazole rings is 1. The minimum absolute atomic E-state index is 0.0104. The number of nitrogens with zero attached hydrogens (tertiary/aromatic N) is 1. The summed E-state index contributed by atoms with van der Waals surface area (Å²) in [6.07, 6.45) is 0.988. The summed E-state index contributed by atoms with van der Waals surface area (Å²) in [6.45, 7) is -2.98. The summed E-state index contributed by atoms with van der Waals surface area (Å²) in [4.78, 5) is 16.5. The molecule has 2 aromatic carbocycles. The van der Waals surface area contributed by atoms with Gasteiger partial charge in [-0.05, 0) is 30.3 Å². The van der Waals surface area contributed by atoms with E-state index in [2.05, 4.69) is 15.0 Å². The van der Waals surface area contributed by atoms with Gasteiger partial charge >= 0.3 is 6.61 Å². The molecule has 3 aromatic rings. The van der Waals surface area contributed by atoms with Crippen molar-refractivity contribution in [2.24, 2.45) is 0 Å². The maximum atomic E-state index is 12.6. The second kappa shape index (κ2) is 8.44. The molecular weight excluding hydrogens is 446 g/mol. The highest BCUT2D eigenvalue weighted by Crippen LogP contribution is 2.33. The molecule has 1 N–H and O–H groups in total. The molecule has 0 radical (unpaired) electrons. The van der Waals surface area contributed by atoms with Crippen molar-refractivity contribution in [3.05, 3.63) is 58.4 Å². The van der Waals surface area contributed by atoms with Crippen molar-refractivity contribution in [1.29, 1.82) is 0 Å². The number of hydrogen-bond donors (Lipinski definition) is 1. The van der Waals surface area contributed by atoms with E-state index in [1.54, 1.807) is 23.6 Å². The summed E-state index contributed by atoms with van der Waals surface area (Å²) >= 11 is 6.96. The molecule has 11 heteroatoms. The molecule has 1 heterocycles. The summed E-state index contributed by atoms with van der Waals surface area (Å²) in [7, 11) is -3.61. The SMILES string of the molecule is CS(=O)(=O)c1cc(C(=O)Nc2nc(-c3ccccc3OC(F)F)cs2)ccc1Cl. The standard InChI is InChI=1S/C18H13ClF2N2O4S2/c1-29(25,26)15-8-10(6-7-12(15)19)16(24)23-18-22-13(9-28-18)11-4-2-3-5-14(11)27-17(20)21/h2-9,17H,1H3,(H,22,23,24). The first kappa shape index (κ1) is 21.2. The second-order valence-electron chi connectivity index (χ2n) is 5.78. The van der Waals surface area contributed by atoms with Crippen LogP contribution in [0, 0.1) is 0 Å². The fraction of sp³-hybridized carbons (Fsp3) is 0.111. The summed E-state index contributed by atoms with van der Waals surface area (Å²) in [5.41, 5.74) is 0.762. The topological polar surface area (TPSA) is 85.4 Å². The quantitative estimate of drug-likeness (QED) is 0.577. The lowest BCUT2D eigenvalue weighted by molar-refractivity contribution is -0.0494. The average Bonchev–Trinajstić information content (AvgIpc) is 3.09. The van der Waals surface area contributed by atoms with Crippen molar-refractivity contribution < 1.29 is 26.7 Å². The van der Waals surface area contributed by atoms with Crippen LogP contribution in [0.2, 0.25) is 5.02 Å². The average molecular weight is 459 g/mol. The van der Waals surface area contributed by atoms with Crippen LogP contribution in [0.4, 0.5) is 13.9 Å². The van der Waals surface area contributed by atoms with E-state index in [4.69, 9.17) is 11.6 Å². The molecule has 0 saturated carbocycles. The van der Waals surface area contributed by atoms with Gasteiger partial charge in [-0.15, -0.1) is 11.3 Å². The predicted molar refractivity (Wildman–Crippen MR) is 107 cm³/mol. The Hall–Kier alpha value is -2.56. The van der Waals surface area contributed by atoms with E-state index in [1.807, 2.05) is 0 Å². The van der Waals surface area contributed by atoms with Crippen LogP contribution in [0.25, 0.3) is 11.3 Å². The van der Waals surface area contributed by atoms with Crippen LogP contribution in [0.5, 0.6) is 5.75 Å². The Bertz CT molecular complexity index is 1170. The number of carbonyl (C=O) groups is 1. The molecule has 1 aromatic heterocycles. The summed E-state index contributed by atoms with van der Waals surface area (Å²) < 4.78 is 53.2. The van der Waals surface area contributed by atoms with Gasteiger partial charge in [0.1, 0.15) is 5.75 Å². The van der Waals surface area contributed by atoms with Crippen molar-refractivity contribution >= 4 is 43.8 Å². The van der Waals surface area contributed by atoms with E-state index in [0.29, 0.717) is 11.3 Å². The van der Waals surface area contributed by atoms with E-state index >= 15 is 0 Å². The lowest BCUT2D eigenvalue weighted by atomic mass is 10.1. The second-order valence-corrected chi connectivity index (χ2v) is 9.03. The maximum absolute atomic E-state index is 12.6. The Morgan fingerprint density at radius 2 is 1.97 bits per heavy atom. The number of amides is 1. The van der Waals surface area contributed by atoms with Crippen molar-refractivity contribution in [3.63, 3.8) is 0 Å². The van der Waals surface area contributed by atoms with Crippen LogP contribution in [0.3, 0.4) is 0 Å². The van der Waals surface area contributed by atoms with Gasteiger partial charge in [0.15, 0.2) is 15.0 Å². The predicted octanol–water partition coefficient (Wildman–Crippen LogP) is 4.72. The Kier molecular flexibility index (Phi) is 6.15. The van der Waals surface area contributed by atoms with Crippen LogP contribution in [-0.4, -0.2) is 32.2 Å². The first-order chi connectivity index (χ1) is 13.6. The van der Waals surface area contributed by atoms with Crippen LogP contribution in [0.15, 0.2) is 52.7 Å². The Labute approximate surface area is 174 Å². The van der Waals surface area contributed by atoms with Crippen LogP contribution in [-0.2, 0) is 9.84 Å². The fourth-order valence-electron chi connectivity index (χ4n) is 2.43. The van der Waals surface area contributed by atoms with Crippen LogP contribution < -0.4 is 10.1 Å². The van der Waals surface area contributed by atoms with Gasteiger partial charge in [0.05, 0.1) is 15.6 Å². The van der Waals surface area contributed by atoms with Crippen molar-refractivity contribution in [1.82, 2.24) is 4.98 Å². The number of hydrogen-bond acceptors (Lipinski definition) is 6. The Morgan fingerprint density at radius 3 is 2.66 bits per heavy atom. The molecule has 29 heavy (non-hydrogen) atoms. The third-order valence-corrected chi connectivity index (χ3v) is 6.03.